The lowest BCUT2D eigenvalue weighted by Crippen LogP contribution is -2.31. The minimum Gasteiger partial charge on any atom is -0.387 e. The molecule has 1 aliphatic carbocycles. The first-order chi connectivity index (χ1) is 4.52. The average Bonchev–Trinajstić information content (AvgIpc) is 1.81. The van der Waals surface area contributed by atoms with Crippen LogP contribution in [0.15, 0.2) is 23.8 Å². The Balaban J connectivity index is 2.84. The summed E-state index contributed by atoms with van der Waals surface area (Å²) in [4.78, 5) is 0. The second-order valence-electron chi connectivity index (χ2n) is 2.91. The summed E-state index contributed by atoms with van der Waals surface area (Å²) in [6, 6.07) is 0. The third-order valence-electron chi connectivity index (χ3n) is 1.70. The van der Waals surface area contributed by atoms with Gasteiger partial charge in [0.05, 0.1) is 10.9 Å². The molecule has 0 aromatic carbocycles. The van der Waals surface area contributed by atoms with Crippen LogP contribution in [0.5, 0.6) is 0 Å². The first-order valence-electron chi connectivity index (χ1n) is 3.30. The zero-order valence-electron chi connectivity index (χ0n) is 6.20. The van der Waals surface area contributed by atoms with Crippen LogP contribution in [0, 0.1) is 0 Å². The van der Waals surface area contributed by atoms with Crippen molar-refractivity contribution in [3.63, 3.8) is 0 Å². The van der Waals surface area contributed by atoms with Gasteiger partial charge in [-0.25, -0.2) is 0 Å². The summed E-state index contributed by atoms with van der Waals surface area (Å²) in [5.41, 5.74) is 1.10. The fraction of sp³-hybridized carbons (Fsp3) is 0.500. The predicted molar refractivity (Wildman–Crippen MR) is 46.3 cm³/mol. The van der Waals surface area contributed by atoms with Crippen LogP contribution in [0.25, 0.3) is 0 Å². The van der Waals surface area contributed by atoms with E-state index in [2.05, 4.69) is 12.6 Å². The fourth-order valence-electron chi connectivity index (χ4n) is 0.872. The van der Waals surface area contributed by atoms with Crippen LogP contribution in [0.1, 0.15) is 13.8 Å². The zero-order valence-corrected chi connectivity index (χ0v) is 7.10. The topological polar surface area (TPSA) is 20.2 Å². The van der Waals surface area contributed by atoms with Gasteiger partial charge in [0, 0.05) is 0 Å². The van der Waals surface area contributed by atoms with Gasteiger partial charge in [-0.3, -0.25) is 0 Å². The van der Waals surface area contributed by atoms with Crippen molar-refractivity contribution in [1.82, 2.24) is 0 Å². The van der Waals surface area contributed by atoms with Crippen molar-refractivity contribution in [3.05, 3.63) is 23.8 Å². The Bertz CT molecular complexity index is 191. The van der Waals surface area contributed by atoms with Crippen molar-refractivity contribution in [2.45, 2.75) is 24.7 Å². The second-order valence-corrected chi connectivity index (χ2v) is 3.88. The maximum Gasteiger partial charge on any atom is 0.0903 e. The number of aliphatic hydroxyl groups is 1. The number of aliphatic hydroxyl groups excluding tert-OH is 1. The van der Waals surface area contributed by atoms with Gasteiger partial charge in [0.15, 0.2) is 0 Å². The summed E-state index contributed by atoms with van der Waals surface area (Å²) < 4.78 is -0.389. The molecule has 10 heavy (non-hydrogen) atoms. The van der Waals surface area contributed by atoms with E-state index in [0.29, 0.717) is 0 Å². The lowest BCUT2D eigenvalue weighted by molar-refractivity contribution is 0.199. The molecule has 0 aromatic heterocycles. The molecular weight excluding hydrogens is 144 g/mol. The Morgan fingerprint density at radius 1 is 1.70 bits per heavy atom. The molecule has 2 unspecified atom stereocenters. The van der Waals surface area contributed by atoms with Crippen molar-refractivity contribution in [2.75, 3.05) is 0 Å². The molecule has 0 saturated heterocycles. The molecule has 0 amide bonds. The number of hydrogen-bond donors (Lipinski definition) is 2. The quantitative estimate of drug-likeness (QED) is 0.510. The van der Waals surface area contributed by atoms with Crippen molar-refractivity contribution >= 4 is 12.6 Å². The third-order valence-corrected chi connectivity index (χ3v) is 2.12. The number of hydrogen-bond acceptors (Lipinski definition) is 2. The Hall–Kier alpha value is -0.210. The third kappa shape index (κ3) is 1.44. The van der Waals surface area contributed by atoms with Crippen LogP contribution in [-0.4, -0.2) is 16.0 Å². The Morgan fingerprint density at radius 2 is 2.30 bits per heavy atom. The number of allylic oxidation sites excluding steroid dienone is 2. The van der Waals surface area contributed by atoms with Crippen LogP contribution in [0.3, 0.4) is 0 Å². The average molecular weight is 156 g/mol. The molecule has 0 spiro atoms. The van der Waals surface area contributed by atoms with Gasteiger partial charge >= 0.3 is 0 Å². The first kappa shape index (κ1) is 7.89. The Kier molecular flexibility index (Phi) is 1.92. The predicted octanol–water partition coefficient (Wildman–Crippen LogP) is 1.55. The van der Waals surface area contributed by atoms with Crippen molar-refractivity contribution in [1.29, 1.82) is 0 Å². The van der Waals surface area contributed by atoms with E-state index in [0.717, 1.165) is 5.57 Å². The molecule has 0 aromatic rings. The summed E-state index contributed by atoms with van der Waals surface area (Å²) >= 11 is 4.27. The molecule has 1 aliphatic rings. The normalized spacial score (nSPS) is 39.6. The maximum atomic E-state index is 9.40. The molecule has 2 heteroatoms. The SMILES string of the molecule is CC1=CC(O)C(C)(S)C=C1. The molecule has 0 radical (unpaired) electrons. The second kappa shape index (κ2) is 2.44. The monoisotopic (exact) mass is 156 g/mol. The largest absolute Gasteiger partial charge is 0.387 e. The Labute approximate surface area is 66.9 Å². The van der Waals surface area contributed by atoms with Crippen molar-refractivity contribution in [2.24, 2.45) is 0 Å². The standard InChI is InChI=1S/C8H12OS/c1-6-3-4-8(2,10)7(9)5-6/h3-5,7,9-10H,1-2H3. The van der Waals surface area contributed by atoms with E-state index in [1.165, 1.54) is 0 Å². The van der Waals surface area contributed by atoms with Gasteiger partial charge in [0.1, 0.15) is 0 Å². The number of rotatable bonds is 0. The molecule has 0 heterocycles. The van der Waals surface area contributed by atoms with E-state index in [4.69, 9.17) is 0 Å². The number of thiol groups is 1. The van der Waals surface area contributed by atoms with E-state index in [1.807, 2.05) is 32.1 Å². The highest BCUT2D eigenvalue weighted by Gasteiger charge is 2.26. The van der Waals surface area contributed by atoms with E-state index in [1.54, 1.807) is 0 Å². The molecule has 0 saturated carbocycles. The first-order valence-corrected chi connectivity index (χ1v) is 3.75. The van der Waals surface area contributed by atoms with Gasteiger partial charge in [-0.05, 0) is 13.8 Å². The smallest absolute Gasteiger partial charge is 0.0903 e. The molecule has 1 rings (SSSR count). The molecule has 56 valence electrons. The van der Waals surface area contributed by atoms with Crippen LogP contribution in [0.2, 0.25) is 0 Å². The fourth-order valence-corrected chi connectivity index (χ4v) is 1.02. The summed E-state index contributed by atoms with van der Waals surface area (Å²) in [6.07, 6.45) is 5.24. The summed E-state index contributed by atoms with van der Waals surface area (Å²) in [5.74, 6) is 0. The maximum absolute atomic E-state index is 9.40. The molecule has 0 bridgehead atoms. The van der Waals surface area contributed by atoms with E-state index in [-0.39, 0.29) is 4.75 Å². The van der Waals surface area contributed by atoms with Crippen LogP contribution in [0.4, 0.5) is 0 Å². The van der Waals surface area contributed by atoms with Gasteiger partial charge in [0.25, 0.3) is 0 Å². The molecular formula is C8H12OS. The molecule has 0 aliphatic heterocycles. The van der Waals surface area contributed by atoms with E-state index < -0.39 is 6.10 Å². The Morgan fingerprint density at radius 3 is 2.70 bits per heavy atom. The summed E-state index contributed by atoms with van der Waals surface area (Å²) in [5, 5.41) is 9.40. The summed E-state index contributed by atoms with van der Waals surface area (Å²) in [7, 11) is 0. The minimum atomic E-state index is -0.458. The molecule has 1 N–H and O–H groups in total. The summed E-state index contributed by atoms with van der Waals surface area (Å²) in [6.45, 7) is 3.85. The zero-order chi connectivity index (χ0) is 7.78. The van der Waals surface area contributed by atoms with Crippen LogP contribution in [-0.2, 0) is 0 Å². The van der Waals surface area contributed by atoms with Crippen molar-refractivity contribution in [3.8, 4) is 0 Å². The highest BCUT2D eigenvalue weighted by atomic mass is 32.1. The van der Waals surface area contributed by atoms with Crippen LogP contribution < -0.4 is 0 Å². The van der Waals surface area contributed by atoms with Gasteiger partial charge in [0.2, 0.25) is 0 Å². The molecule has 1 nitrogen and oxygen atoms in total. The van der Waals surface area contributed by atoms with E-state index >= 15 is 0 Å². The lowest BCUT2D eigenvalue weighted by atomic mass is 9.95. The van der Waals surface area contributed by atoms with Crippen molar-refractivity contribution < 1.29 is 5.11 Å². The molecule has 0 fully saturated rings. The molecule has 2 atom stereocenters. The van der Waals surface area contributed by atoms with Crippen LogP contribution >= 0.6 is 12.6 Å². The lowest BCUT2D eigenvalue weighted by Gasteiger charge is -2.26. The van der Waals surface area contributed by atoms with Gasteiger partial charge in [-0.1, -0.05) is 23.8 Å². The van der Waals surface area contributed by atoms with Gasteiger partial charge < -0.3 is 5.11 Å². The minimum absolute atomic E-state index is 0.389. The van der Waals surface area contributed by atoms with Gasteiger partial charge in [-0.15, -0.1) is 0 Å². The van der Waals surface area contributed by atoms with Gasteiger partial charge in [-0.2, -0.15) is 12.6 Å². The highest BCUT2D eigenvalue weighted by molar-refractivity contribution is 7.82. The van der Waals surface area contributed by atoms with E-state index in [9.17, 15) is 5.11 Å². The highest BCUT2D eigenvalue weighted by Crippen LogP contribution is 2.26.